The topological polar surface area (TPSA) is 21.4 Å². The zero-order valence-electron chi connectivity index (χ0n) is 31.3. The Balaban J connectivity index is 1.13. The molecule has 2 aromatic heterocycles. The van der Waals surface area contributed by atoms with E-state index in [1.54, 1.807) is 0 Å². The first-order chi connectivity index (χ1) is 28.3. The van der Waals surface area contributed by atoms with Crippen LogP contribution in [0.15, 0.2) is 218 Å². The lowest BCUT2D eigenvalue weighted by molar-refractivity contribution is 0.760. The van der Waals surface area contributed by atoms with E-state index in [1.807, 2.05) is 0 Å². The van der Waals surface area contributed by atoms with E-state index in [1.165, 1.54) is 65.9 Å². The minimum absolute atomic E-state index is 0.0514. The smallest absolute Gasteiger partial charge is 0.0703 e. The normalized spacial score (nSPS) is 15.4. The number of anilines is 1. The molecule has 0 saturated carbocycles. The van der Waals surface area contributed by atoms with Gasteiger partial charge in [-0.1, -0.05) is 164 Å². The van der Waals surface area contributed by atoms with E-state index in [4.69, 9.17) is 0 Å². The number of fused-ring (bicyclic) bond motifs is 7. The molecule has 3 nitrogen and oxygen atoms in total. The second-order valence-corrected chi connectivity index (χ2v) is 15.0. The lowest BCUT2D eigenvalue weighted by atomic mass is 9.83. The number of allylic oxidation sites excluding steroid dienone is 2. The fraction of sp³-hybridized carbons (Fsp3) is 0.0370. The zero-order chi connectivity index (χ0) is 37.7. The number of aromatic nitrogens is 2. The van der Waals surface area contributed by atoms with Gasteiger partial charge in [-0.05, 0) is 82.4 Å². The van der Waals surface area contributed by atoms with E-state index >= 15 is 0 Å². The van der Waals surface area contributed by atoms with Crippen LogP contribution < -0.4 is 5.32 Å². The van der Waals surface area contributed by atoms with Gasteiger partial charge in [0.15, 0.2) is 0 Å². The molecule has 2 atom stereocenters. The van der Waals surface area contributed by atoms with Crippen molar-refractivity contribution in [3.63, 3.8) is 0 Å². The summed E-state index contributed by atoms with van der Waals surface area (Å²) >= 11 is 0. The van der Waals surface area contributed by atoms with Crippen molar-refractivity contribution in [2.24, 2.45) is 0 Å². The van der Waals surface area contributed by atoms with Crippen LogP contribution in [0, 0.1) is 0 Å². The van der Waals surface area contributed by atoms with Crippen LogP contribution in [0.3, 0.4) is 0 Å². The van der Waals surface area contributed by atoms with Crippen LogP contribution in [0.2, 0.25) is 0 Å². The molecule has 270 valence electrons. The van der Waals surface area contributed by atoms with Gasteiger partial charge < -0.3 is 14.3 Å². The van der Waals surface area contributed by atoms with E-state index in [9.17, 15) is 0 Å². The summed E-state index contributed by atoms with van der Waals surface area (Å²) in [4.78, 5) is 0. The summed E-state index contributed by atoms with van der Waals surface area (Å²) < 4.78 is 4.92. The Kier molecular flexibility index (Phi) is 7.96. The third-order valence-corrected chi connectivity index (χ3v) is 11.7. The van der Waals surface area contributed by atoms with Crippen molar-refractivity contribution in [3.8, 4) is 16.8 Å². The highest BCUT2D eigenvalue weighted by atomic mass is 15.0. The standard InChI is InChI=1S/C54H39N3/c1-4-15-37(16-5-1)39-27-31-42(32-28-39)55-49-33-29-40(38-17-6-2-7-18-38)35-47(49)41-30-34-51-48(36-41)46-23-14-22-45-44-21-10-11-24-50(44)56(43-19-8-3-9-20-43)52-25-12-13-26-53(52)57(51)54(45)46/h1-36,47,49,55H. The first-order valence-electron chi connectivity index (χ1n) is 19.8. The van der Waals surface area contributed by atoms with Crippen molar-refractivity contribution >= 4 is 60.4 Å². The Hall–Kier alpha value is -7.36. The fourth-order valence-corrected chi connectivity index (χ4v) is 9.01. The predicted octanol–water partition coefficient (Wildman–Crippen LogP) is 13.8. The van der Waals surface area contributed by atoms with Crippen molar-refractivity contribution in [2.75, 3.05) is 5.32 Å². The van der Waals surface area contributed by atoms with Crippen LogP contribution in [0.4, 0.5) is 5.69 Å². The van der Waals surface area contributed by atoms with Gasteiger partial charge in [-0.2, -0.15) is 0 Å². The van der Waals surface area contributed by atoms with E-state index in [0.29, 0.717) is 0 Å². The van der Waals surface area contributed by atoms with E-state index in [2.05, 4.69) is 233 Å². The van der Waals surface area contributed by atoms with Gasteiger partial charge in [0.1, 0.15) is 0 Å². The molecule has 2 heterocycles. The summed E-state index contributed by atoms with van der Waals surface area (Å²) in [7, 11) is 0. The molecular formula is C54H39N3. The summed E-state index contributed by atoms with van der Waals surface area (Å²) in [5.74, 6) is 0.0854. The Bertz CT molecular complexity index is 3190. The predicted molar refractivity (Wildman–Crippen MR) is 241 cm³/mol. The van der Waals surface area contributed by atoms with Gasteiger partial charge in [0.25, 0.3) is 0 Å². The first kappa shape index (κ1) is 33.0. The number of nitrogens with one attached hydrogen (secondary N) is 1. The largest absolute Gasteiger partial charge is 0.378 e. The van der Waals surface area contributed by atoms with Gasteiger partial charge in [-0.15, -0.1) is 0 Å². The average Bonchev–Trinajstić information content (AvgIpc) is 3.61. The van der Waals surface area contributed by atoms with E-state index in [0.717, 1.165) is 22.4 Å². The summed E-state index contributed by atoms with van der Waals surface area (Å²) in [5, 5.41) is 8.85. The molecule has 1 aliphatic carbocycles. The molecule has 0 aliphatic heterocycles. The number of para-hydroxylation sites is 5. The molecule has 8 aromatic carbocycles. The van der Waals surface area contributed by atoms with Gasteiger partial charge in [0.05, 0.1) is 33.6 Å². The molecule has 0 spiro atoms. The maximum absolute atomic E-state index is 3.92. The third kappa shape index (κ3) is 5.67. The molecule has 0 amide bonds. The molecule has 0 saturated heterocycles. The highest BCUT2D eigenvalue weighted by molar-refractivity contribution is 6.20. The van der Waals surface area contributed by atoms with Gasteiger partial charge in [0, 0.05) is 38.8 Å². The van der Waals surface area contributed by atoms with Crippen LogP contribution in [-0.2, 0) is 0 Å². The molecule has 0 radical (unpaired) electrons. The van der Waals surface area contributed by atoms with Gasteiger partial charge >= 0.3 is 0 Å². The zero-order valence-corrected chi connectivity index (χ0v) is 31.3. The monoisotopic (exact) mass is 729 g/mol. The number of benzene rings is 8. The molecule has 1 N–H and O–H groups in total. The maximum atomic E-state index is 3.92. The van der Waals surface area contributed by atoms with Crippen molar-refractivity contribution < 1.29 is 0 Å². The highest BCUT2D eigenvalue weighted by Crippen LogP contribution is 2.41. The summed E-state index contributed by atoms with van der Waals surface area (Å²) in [6.07, 6.45) is 7.08. The lowest BCUT2D eigenvalue weighted by Gasteiger charge is -2.29. The molecule has 0 fully saturated rings. The molecule has 3 heteroatoms. The average molecular weight is 730 g/mol. The van der Waals surface area contributed by atoms with Crippen LogP contribution >= 0.6 is 0 Å². The second-order valence-electron chi connectivity index (χ2n) is 15.0. The number of rotatable bonds is 6. The minimum atomic E-state index is 0.0514. The summed E-state index contributed by atoms with van der Waals surface area (Å²) in [6, 6.07) is 72.6. The Labute approximate surface area is 331 Å². The quantitative estimate of drug-likeness (QED) is 0.181. The van der Waals surface area contributed by atoms with E-state index < -0.39 is 0 Å². The molecule has 11 rings (SSSR count). The summed E-state index contributed by atoms with van der Waals surface area (Å²) in [6.45, 7) is 0. The van der Waals surface area contributed by atoms with Crippen molar-refractivity contribution in [2.45, 2.75) is 12.0 Å². The Morgan fingerprint density at radius 1 is 0.421 bits per heavy atom. The fourth-order valence-electron chi connectivity index (χ4n) is 9.01. The Morgan fingerprint density at radius 3 is 1.77 bits per heavy atom. The molecule has 10 aromatic rings. The Morgan fingerprint density at radius 2 is 1.02 bits per heavy atom. The van der Waals surface area contributed by atoms with E-state index in [-0.39, 0.29) is 12.0 Å². The van der Waals surface area contributed by atoms with Crippen LogP contribution in [0.1, 0.15) is 17.0 Å². The first-order valence-corrected chi connectivity index (χ1v) is 19.8. The van der Waals surface area contributed by atoms with Crippen molar-refractivity contribution in [3.05, 3.63) is 230 Å². The minimum Gasteiger partial charge on any atom is -0.378 e. The van der Waals surface area contributed by atoms with Crippen LogP contribution in [0.25, 0.3) is 71.5 Å². The third-order valence-electron chi connectivity index (χ3n) is 11.7. The SMILES string of the molecule is C1=CC(Nc2ccc(-c3ccccc3)cc2)C(c2ccc3c(c2)c2cccc4c5ccccc5n(-c5ccccc5)c5ccccc5n3c42)C=C1c1ccccc1. The van der Waals surface area contributed by atoms with Crippen molar-refractivity contribution in [1.82, 2.24) is 8.97 Å². The van der Waals surface area contributed by atoms with Crippen LogP contribution in [0.5, 0.6) is 0 Å². The maximum Gasteiger partial charge on any atom is 0.0703 e. The van der Waals surface area contributed by atoms with Gasteiger partial charge in [-0.25, -0.2) is 0 Å². The van der Waals surface area contributed by atoms with Crippen molar-refractivity contribution in [1.29, 1.82) is 0 Å². The molecule has 2 unspecified atom stereocenters. The molecule has 57 heavy (non-hydrogen) atoms. The van der Waals surface area contributed by atoms with Gasteiger partial charge in [-0.3, -0.25) is 0 Å². The molecule has 1 aliphatic rings. The highest BCUT2D eigenvalue weighted by Gasteiger charge is 2.25. The van der Waals surface area contributed by atoms with Crippen LogP contribution in [-0.4, -0.2) is 15.0 Å². The molecule has 0 bridgehead atoms. The molecular weight excluding hydrogens is 691 g/mol. The van der Waals surface area contributed by atoms with Gasteiger partial charge in [0.2, 0.25) is 0 Å². The summed E-state index contributed by atoms with van der Waals surface area (Å²) in [5.41, 5.74) is 14.3. The second kappa shape index (κ2) is 13.7. The number of nitrogens with zero attached hydrogens (tertiary/aromatic N) is 2. The lowest BCUT2D eigenvalue weighted by Crippen LogP contribution is -2.26. The number of hydrogen-bond donors (Lipinski definition) is 1. The number of hydrogen-bond acceptors (Lipinski definition) is 1.